The molecule has 1 heterocycles. The Morgan fingerprint density at radius 2 is 1.33 bits per heavy atom. The van der Waals surface area contributed by atoms with Crippen LogP contribution in [0.25, 0.3) is 0 Å². The monoisotopic (exact) mass is 424 g/mol. The van der Waals surface area contributed by atoms with E-state index in [1.807, 2.05) is 0 Å². The summed E-state index contributed by atoms with van der Waals surface area (Å²) in [6, 6.07) is 0. The summed E-state index contributed by atoms with van der Waals surface area (Å²) < 4.78 is 15.2. The van der Waals surface area contributed by atoms with Gasteiger partial charge in [-0.25, -0.2) is 9.59 Å². The minimum Gasteiger partial charge on any atom is -0.462 e. The van der Waals surface area contributed by atoms with Gasteiger partial charge in [0.25, 0.3) is 0 Å². The fourth-order valence-electron chi connectivity index (χ4n) is 2.95. The zero-order valence-corrected chi connectivity index (χ0v) is 19.6. The number of hydrogen-bond donors (Lipinski definition) is 0. The molecule has 0 spiro atoms. The Morgan fingerprint density at radius 1 is 0.833 bits per heavy atom. The molecule has 0 radical (unpaired) electrons. The Labute approximate surface area is 184 Å². The summed E-state index contributed by atoms with van der Waals surface area (Å²) in [4.78, 5) is 22.0. The molecule has 30 heavy (non-hydrogen) atoms. The number of hydrogen-bond acceptors (Lipinski definition) is 5. The van der Waals surface area contributed by atoms with Gasteiger partial charge in [0, 0.05) is 17.8 Å². The quantitative estimate of drug-likeness (QED) is 0.175. The number of carbonyl (C=O) groups is 2. The number of unbranched alkanes of at least 4 members (excludes halogenated alkanes) is 9. The molecule has 1 rings (SSSR count). The van der Waals surface area contributed by atoms with E-state index in [9.17, 15) is 9.59 Å². The summed E-state index contributed by atoms with van der Waals surface area (Å²) in [6.07, 6.45) is 15.1. The largest absolute Gasteiger partial charge is 0.462 e. The van der Waals surface area contributed by atoms with Crippen molar-refractivity contribution in [3.63, 3.8) is 0 Å². The van der Waals surface area contributed by atoms with Gasteiger partial charge in [-0.3, -0.25) is 0 Å². The first-order valence-electron chi connectivity index (χ1n) is 11.6. The number of ether oxygens (including phenoxy) is 3. The van der Waals surface area contributed by atoms with Crippen molar-refractivity contribution in [2.24, 2.45) is 0 Å². The molecule has 0 amide bonds. The summed E-state index contributed by atoms with van der Waals surface area (Å²) in [7, 11) is 0. The summed E-state index contributed by atoms with van der Waals surface area (Å²) in [6.45, 7) is 14.3. The Morgan fingerprint density at radius 3 is 1.80 bits per heavy atom. The highest BCUT2D eigenvalue weighted by molar-refractivity contribution is 5.87. The Balaban J connectivity index is 0.000000604. The van der Waals surface area contributed by atoms with Gasteiger partial charge in [-0.15, -0.1) is 0 Å². The molecule has 0 aromatic carbocycles. The van der Waals surface area contributed by atoms with E-state index in [1.165, 1.54) is 57.8 Å². The maximum Gasteiger partial charge on any atom is 0.333 e. The van der Waals surface area contributed by atoms with Crippen LogP contribution < -0.4 is 0 Å². The van der Waals surface area contributed by atoms with Crippen molar-refractivity contribution in [3.8, 4) is 0 Å². The van der Waals surface area contributed by atoms with Crippen molar-refractivity contribution in [2.45, 2.75) is 104 Å². The van der Waals surface area contributed by atoms with Gasteiger partial charge in [0.1, 0.15) is 6.61 Å². The molecule has 1 unspecified atom stereocenters. The van der Waals surface area contributed by atoms with Gasteiger partial charge in [0.2, 0.25) is 0 Å². The molecular formula is C25H44O5. The predicted octanol–water partition coefficient (Wildman–Crippen LogP) is 6.31. The molecule has 0 saturated carbocycles. The maximum absolute atomic E-state index is 11.1. The zero-order chi connectivity index (χ0) is 22.6. The number of carbonyl (C=O) groups excluding carboxylic acids is 2. The summed E-state index contributed by atoms with van der Waals surface area (Å²) in [5.74, 6) is -0.587. The second-order valence-corrected chi connectivity index (χ2v) is 8.11. The lowest BCUT2D eigenvalue weighted by Gasteiger charge is -2.09. The normalized spacial score (nSPS) is 15.1. The van der Waals surface area contributed by atoms with Gasteiger partial charge in [-0.05, 0) is 33.1 Å². The van der Waals surface area contributed by atoms with Crippen LogP contribution in [0.5, 0.6) is 0 Å². The highest BCUT2D eigenvalue weighted by Crippen LogP contribution is 2.12. The van der Waals surface area contributed by atoms with Crippen LogP contribution in [0.3, 0.4) is 0 Å². The topological polar surface area (TPSA) is 61.8 Å². The van der Waals surface area contributed by atoms with E-state index in [0.717, 1.165) is 25.9 Å². The average Bonchev–Trinajstić information content (AvgIpc) is 3.24. The lowest BCUT2D eigenvalue weighted by molar-refractivity contribution is -0.142. The van der Waals surface area contributed by atoms with E-state index in [1.54, 1.807) is 13.8 Å². The third kappa shape index (κ3) is 17.3. The van der Waals surface area contributed by atoms with Crippen molar-refractivity contribution >= 4 is 11.9 Å². The number of esters is 2. The van der Waals surface area contributed by atoms with Crippen molar-refractivity contribution < 1.29 is 23.8 Å². The fourth-order valence-corrected chi connectivity index (χ4v) is 2.95. The number of rotatable bonds is 15. The maximum atomic E-state index is 11.1. The molecule has 0 N–H and O–H groups in total. The van der Waals surface area contributed by atoms with Crippen LogP contribution in [-0.4, -0.2) is 37.9 Å². The minimum atomic E-state index is -0.328. The van der Waals surface area contributed by atoms with E-state index >= 15 is 0 Å². The zero-order valence-electron chi connectivity index (χ0n) is 19.6. The van der Waals surface area contributed by atoms with Crippen molar-refractivity contribution in [1.29, 1.82) is 0 Å². The fraction of sp³-hybridized carbons (Fsp3) is 0.760. The van der Waals surface area contributed by atoms with Crippen LogP contribution >= 0.6 is 0 Å². The molecule has 0 aromatic rings. The van der Waals surface area contributed by atoms with Crippen LogP contribution in [0.2, 0.25) is 0 Å². The molecule has 1 aliphatic rings. The predicted molar refractivity (Wildman–Crippen MR) is 122 cm³/mol. The van der Waals surface area contributed by atoms with Gasteiger partial charge in [0.15, 0.2) is 0 Å². The van der Waals surface area contributed by atoms with Gasteiger partial charge in [-0.1, -0.05) is 77.9 Å². The molecule has 0 aromatic heterocycles. The van der Waals surface area contributed by atoms with Crippen LogP contribution in [0.15, 0.2) is 24.3 Å². The Kier molecular flexibility index (Phi) is 18.3. The van der Waals surface area contributed by atoms with Gasteiger partial charge >= 0.3 is 11.9 Å². The Bertz CT molecular complexity index is 492. The van der Waals surface area contributed by atoms with E-state index in [4.69, 9.17) is 14.2 Å². The third-order valence-corrected chi connectivity index (χ3v) is 4.85. The third-order valence-electron chi connectivity index (χ3n) is 4.85. The minimum absolute atomic E-state index is 0.105. The Hall–Kier alpha value is -1.62. The SMILES string of the molecule is C=C(C)C(=O)OCC1CCCO1.C=C(C)C(=O)OCCCCCCCCCCCC. The van der Waals surface area contributed by atoms with Crippen molar-refractivity contribution in [2.75, 3.05) is 19.8 Å². The van der Waals surface area contributed by atoms with E-state index in [-0.39, 0.29) is 18.0 Å². The van der Waals surface area contributed by atoms with Crippen LogP contribution in [0, 0.1) is 0 Å². The van der Waals surface area contributed by atoms with Gasteiger partial charge in [-0.2, -0.15) is 0 Å². The summed E-state index contributed by atoms with van der Waals surface area (Å²) >= 11 is 0. The summed E-state index contributed by atoms with van der Waals surface area (Å²) in [5, 5.41) is 0. The molecule has 1 saturated heterocycles. The molecule has 0 bridgehead atoms. The van der Waals surface area contributed by atoms with Crippen molar-refractivity contribution in [3.05, 3.63) is 24.3 Å². The van der Waals surface area contributed by atoms with E-state index in [0.29, 0.717) is 24.4 Å². The smallest absolute Gasteiger partial charge is 0.333 e. The van der Waals surface area contributed by atoms with E-state index in [2.05, 4.69) is 20.1 Å². The van der Waals surface area contributed by atoms with Crippen LogP contribution in [0.4, 0.5) is 0 Å². The van der Waals surface area contributed by atoms with Crippen LogP contribution in [-0.2, 0) is 23.8 Å². The summed E-state index contributed by atoms with van der Waals surface area (Å²) in [5.41, 5.74) is 0.926. The standard InChI is InChI=1S/C16H30O2.C9H14O3/c1-4-5-6-7-8-9-10-11-12-13-14-18-16(17)15(2)3;1-7(2)9(10)12-6-8-4-3-5-11-8/h2,4-14H2,1,3H3;8H,1,3-6H2,2H3. The molecule has 1 atom stereocenters. The highest BCUT2D eigenvalue weighted by Gasteiger charge is 2.17. The van der Waals surface area contributed by atoms with Gasteiger partial charge < -0.3 is 14.2 Å². The lowest BCUT2D eigenvalue weighted by Crippen LogP contribution is -2.17. The first kappa shape index (κ1) is 28.4. The first-order chi connectivity index (χ1) is 14.4. The molecule has 5 nitrogen and oxygen atoms in total. The van der Waals surface area contributed by atoms with Crippen LogP contribution in [0.1, 0.15) is 97.8 Å². The first-order valence-corrected chi connectivity index (χ1v) is 11.6. The molecule has 5 heteroatoms. The molecule has 1 fully saturated rings. The van der Waals surface area contributed by atoms with Crippen molar-refractivity contribution in [1.82, 2.24) is 0 Å². The average molecular weight is 425 g/mol. The molecular weight excluding hydrogens is 380 g/mol. The van der Waals surface area contributed by atoms with E-state index < -0.39 is 0 Å². The highest BCUT2D eigenvalue weighted by atomic mass is 16.6. The second kappa shape index (κ2) is 19.3. The van der Waals surface area contributed by atoms with Gasteiger partial charge in [0.05, 0.1) is 12.7 Å². The molecule has 174 valence electrons. The molecule has 0 aliphatic carbocycles. The second-order valence-electron chi connectivity index (χ2n) is 8.11. The molecule has 1 aliphatic heterocycles. The lowest BCUT2D eigenvalue weighted by atomic mass is 10.1.